The topological polar surface area (TPSA) is 99.4 Å². The number of carbonyl (C=O) groups excluding carboxylic acids is 1. The van der Waals surface area contributed by atoms with E-state index in [1.165, 1.54) is 0 Å². The number of nitrogens with zero attached hydrogens (tertiary/aromatic N) is 2. The molecule has 3 N–H and O–H groups in total. The molecule has 0 aliphatic carbocycles. The van der Waals surface area contributed by atoms with E-state index < -0.39 is 6.10 Å². The van der Waals surface area contributed by atoms with Gasteiger partial charge < -0.3 is 20.5 Å². The highest BCUT2D eigenvalue weighted by Gasteiger charge is 2.23. The SMILES string of the molecule is CCNC(=O)c1c(C)nc(N)nc1C(C)Oc1ccccc1OC. The lowest BCUT2D eigenvalue weighted by atomic mass is 10.1. The number of carbonyl (C=O) groups is 1. The Hall–Kier alpha value is -2.83. The van der Waals surface area contributed by atoms with Crippen molar-refractivity contribution in [3.8, 4) is 11.5 Å². The second kappa shape index (κ2) is 7.63. The number of para-hydroxylation sites is 2. The van der Waals surface area contributed by atoms with Crippen molar-refractivity contribution in [1.82, 2.24) is 15.3 Å². The number of hydrogen-bond acceptors (Lipinski definition) is 6. The van der Waals surface area contributed by atoms with Gasteiger partial charge in [0.05, 0.1) is 24.1 Å². The fourth-order valence-corrected chi connectivity index (χ4v) is 2.40. The van der Waals surface area contributed by atoms with Crippen LogP contribution in [-0.2, 0) is 0 Å². The Kier molecular flexibility index (Phi) is 5.57. The predicted molar refractivity (Wildman–Crippen MR) is 91.2 cm³/mol. The summed E-state index contributed by atoms with van der Waals surface area (Å²) in [5.74, 6) is 1.01. The molecule has 1 atom stereocenters. The molecule has 0 aliphatic rings. The van der Waals surface area contributed by atoms with Crippen molar-refractivity contribution < 1.29 is 14.3 Å². The van der Waals surface area contributed by atoms with Gasteiger partial charge in [0.2, 0.25) is 5.95 Å². The van der Waals surface area contributed by atoms with Gasteiger partial charge in [-0.15, -0.1) is 0 Å². The minimum atomic E-state index is -0.511. The van der Waals surface area contributed by atoms with E-state index in [-0.39, 0.29) is 11.9 Å². The molecule has 2 aromatic rings. The molecule has 0 fully saturated rings. The Morgan fingerprint density at radius 3 is 2.58 bits per heavy atom. The summed E-state index contributed by atoms with van der Waals surface area (Å²) in [6.07, 6.45) is -0.511. The number of nitrogens with two attached hydrogens (primary N) is 1. The fraction of sp³-hybridized carbons (Fsp3) is 0.353. The number of nitrogen functional groups attached to an aromatic ring is 1. The predicted octanol–water partition coefficient (Wildman–Crippen LogP) is 2.27. The maximum atomic E-state index is 12.4. The molecule has 0 bridgehead atoms. The summed E-state index contributed by atoms with van der Waals surface area (Å²) >= 11 is 0. The number of benzene rings is 1. The van der Waals surface area contributed by atoms with Crippen molar-refractivity contribution in [2.45, 2.75) is 26.9 Å². The molecule has 7 heteroatoms. The smallest absolute Gasteiger partial charge is 0.255 e. The number of rotatable bonds is 6. The Balaban J connectivity index is 2.41. The van der Waals surface area contributed by atoms with Crippen LogP contribution in [0, 0.1) is 6.92 Å². The summed E-state index contributed by atoms with van der Waals surface area (Å²) in [5.41, 5.74) is 7.09. The quantitative estimate of drug-likeness (QED) is 0.843. The van der Waals surface area contributed by atoms with Crippen molar-refractivity contribution in [2.24, 2.45) is 0 Å². The van der Waals surface area contributed by atoms with Crippen LogP contribution in [0.3, 0.4) is 0 Å². The van der Waals surface area contributed by atoms with Gasteiger partial charge in [-0.25, -0.2) is 9.97 Å². The summed E-state index contributed by atoms with van der Waals surface area (Å²) in [7, 11) is 1.57. The molecule has 1 heterocycles. The fourth-order valence-electron chi connectivity index (χ4n) is 2.40. The molecule has 1 amide bonds. The van der Waals surface area contributed by atoms with E-state index in [4.69, 9.17) is 15.2 Å². The van der Waals surface area contributed by atoms with E-state index in [2.05, 4.69) is 15.3 Å². The number of aromatic nitrogens is 2. The van der Waals surface area contributed by atoms with Gasteiger partial charge in [0, 0.05) is 6.54 Å². The summed E-state index contributed by atoms with van der Waals surface area (Å²) in [6.45, 7) is 5.88. The van der Waals surface area contributed by atoms with Crippen LogP contribution in [-0.4, -0.2) is 29.5 Å². The third-order valence-corrected chi connectivity index (χ3v) is 3.46. The number of aryl methyl sites for hydroxylation is 1. The van der Waals surface area contributed by atoms with Crippen LogP contribution in [0.2, 0.25) is 0 Å². The van der Waals surface area contributed by atoms with Crippen LogP contribution in [0.4, 0.5) is 5.95 Å². The lowest BCUT2D eigenvalue weighted by Gasteiger charge is -2.19. The highest BCUT2D eigenvalue weighted by Crippen LogP contribution is 2.31. The zero-order valence-corrected chi connectivity index (χ0v) is 14.3. The lowest BCUT2D eigenvalue weighted by Crippen LogP contribution is -2.27. The monoisotopic (exact) mass is 330 g/mol. The average Bonchev–Trinajstić information content (AvgIpc) is 2.54. The molecule has 1 aromatic heterocycles. The first-order chi connectivity index (χ1) is 11.5. The van der Waals surface area contributed by atoms with E-state index in [0.29, 0.717) is 35.0 Å². The van der Waals surface area contributed by atoms with Crippen molar-refractivity contribution in [2.75, 3.05) is 19.4 Å². The molecular weight excluding hydrogens is 308 g/mol. The number of anilines is 1. The van der Waals surface area contributed by atoms with Crippen LogP contribution >= 0.6 is 0 Å². The van der Waals surface area contributed by atoms with Gasteiger partial charge in [0.15, 0.2) is 11.5 Å². The van der Waals surface area contributed by atoms with E-state index in [1.54, 1.807) is 33.1 Å². The van der Waals surface area contributed by atoms with Crippen molar-refractivity contribution in [3.05, 3.63) is 41.2 Å². The first kappa shape index (κ1) is 17.5. The molecule has 1 aromatic carbocycles. The molecule has 0 radical (unpaired) electrons. The molecule has 0 spiro atoms. The van der Waals surface area contributed by atoms with Crippen molar-refractivity contribution >= 4 is 11.9 Å². The third-order valence-electron chi connectivity index (χ3n) is 3.46. The highest BCUT2D eigenvalue weighted by molar-refractivity contribution is 5.96. The van der Waals surface area contributed by atoms with Crippen LogP contribution in [0.25, 0.3) is 0 Å². The normalized spacial score (nSPS) is 11.7. The first-order valence-electron chi connectivity index (χ1n) is 7.69. The van der Waals surface area contributed by atoms with Gasteiger partial charge in [-0.1, -0.05) is 12.1 Å². The van der Waals surface area contributed by atoms with Crippen LogP contribution in [0.1, 0.15) is 41.7 Å². The van der Waals surface area contributed by atoms with Gasteiger partial charge in [-0.2, -0.15) is 0 Å². The molecule has 1 unspecified atom stereocenters. The molecule has 0 saturated carbocycles. The number of nitrogens with one attached hydrogen (secondary N) is 1. The molecule has 7 nitrogen and oxygen atoms in total. The van der Waals surface area contributed by atoms with Gasteiger partial charge >= 0.3 is 0 Å². The first-order valence-corrected chi connectivity index (χ1v) is 7.69. The number of methoxy groups -OCH3 is 1. The van der Waals surface area contributed by atoms with E-state index in [0.717, 1.165) is 0 Å². The molecule has 24 heavy (non-hydrogen) atoms. The molecule has 128 valence electrons. The number of amides is 1. The summed E-state index contributed by atoms with van der Waals surface area (Å²) in [4.78, 5) is 20.7. The molecule has 2 rings (SSSR count). The minimum Gasteiger partial charge on any atom is -0.493 e. The average molecular weight is 330 g/mol. The number of ether oxygens (including phenoxy) is 2. The van der Waals surface area contributed by atoms with Gasteiger partial charge in [-0.05, 0) is 32.9 Å². The summed E-state index contributed by atoms with van der Waals surface area (Å²) in [6, 6.07) is 7.28. The van der Waals surface area contributed by atoms with Crippen molar-refractivity contribution in [3.63, 3.8) is 0 Å². The van der Waals surface area contributed by atoms with Crippen molar-refractivity contribution in [1.29, 1.82) is 0 Å². The van der Waals surface area contributed by atoms with Crippen LogP contribution < -0.4 is 20.5 Å². The minimum absolute atomic E-state index is 0.103. The maximum absolute atomic E-state index is 12.4. The lowest BCUT2D eigenvalue weighted by molar-refractivity contribution is 0.0948. The molecule has 0 aliphatic heterocycles. The summed E-state index contributed by atoms with van der Waals surface area (Å²) < 4.78 is 11.2. The zero-order valence-electron chi connectivity index (χ0n) is 14.3. The molecular formula is C17H22N4O3. The van der Waals surface area contributed by atoms with Gasteiger partial charge in [0.1, 0.15) is 6.10 Å². The second-order valence-electron chi connectivity index (χ2n) is 5.20. The van der Waals surface area contributed by atoms with Crippen LogP contribution in [0.15, 0.2) is 24.3 Å². The Labute approximate surface area is 141 Å². The second-order valence-corrected chi connectivity index (χ2v) is 5.20. The number of hydrogen-bond donors (Lipinski definition) is 2. The Bertz CT molecular complexity index is 734. The zero-order chi connectivity index (χ0) is 17.7. The Morgan fingerprint density at radius 1 is 1.29 bits per heavy atom. The van der Waals surface area contributed by atoms with Gasteiger partial charge in [-0.3, -0.25) is 4.79 Å². The summed E-state index contributed by atoms with van der Waals surface area (Å²) in [5, 5.41) is 2.76. The van der Waals surface area contributed by atoms with E-state index in [9.17, 15) is 4.79 Å². The molecule has 0 saturated heterocycles. The van der Waals surface area contributed by atoms with Crippen LogP contribution in [0.5, 0.6) is 11.5 Å². The van der Waals surface area contributed by atoms with E-state index in [1.807, 2.05) is 19.1 Å². The Morgan fingerprint density at radius 2 is 1.96 bits per heavy atom. The maximum Gasteiger partial charge on any atom is 0.255 e. The third kappa shape index (κ3) is 3.73. The van der Waals surface area contributed by atoms with Gasteiger partial charge in [0.25, 0.3) is 5.91 Å². The highest BCUT2D eigenvalue weighted by atomic mass is 16.5. The standard InChI is InChI=1S/C17H22N4O3/c1-5-19-16(22)14-10(2)20-17(18)21-15(14)11(3)24-13-9-7-6-8-12(13)23-4/h6-9,11H,5H2,1-4H3,(H,19,22)(H2,18,20,21). The largest absolute Gasteiger partial charge is 0.493 e. The van der Waals surface area contributed by atoms with E-state index >= 15 is 0 Å².